The molecule has 0 bridgehead atoms. The van der Waals surface area contributed by atoms with Crippen LogP contribution >= 0.6 is 0 Å². The summed E-state index contributed by atoms with van der Waals surface area (Å²) in [5.41, 5.74) is -0.533. The SMILES string of the molecule is CCCNC(C)(CO)CC(C)N(CC)CC(F)(F)F. The highest BCUT2D eigenvalue weighted by Gasteiger charge is 2.34. The minimum atomic E-state index is -4.18. The number of rotatable bonds is 9. The molecule has 2 unspecified atom stereocenters. The van der Waals surface area contributed by atoms with E-state index in [4.69, 9.17) is 0 Å². The molecule has 0 fully saturated rings. The molecule has 0 saturated carbocycles. The maximum Gasteiger partial charge on any atom is 0.401 e. The standard InChI is InChI=1S/C13H27F3N2O/c1-5-7-17-12(4,10-19)8-11(3)18(6-2)9-13(14,15)16/h11,17,19H,5-10H2,1-4H3. The van der Waals surface area contributed by atoms with Gasteiger partial charge < -0.3 is 10.4 Å². The van der Waals surface area contributed by atoms with Gasteiger partial charge in [0, 0.05) is 11.6 Å². The molecule has 0 aromatic carbocycles. The van der Waals surface area contributed by atoms with Gasteiger partial charge in [-0.05, 0) is 39.8 Å². The van der Waals surface area contributed by atoms with Gasteiger partial charge in [-0.2, -0.15) is 13.2 Å². The van der Waals surface area contributed by atoms with Crippen molar-refractivity contribution in [3.05, 3.63) is 0 Å². The van der Waals surface area contributed by atoms with Crippen molar-refractivity contribution in [2.75, 3.05) is 26.2 Å². The van der Waals surface area contributed by atoms with Gasteiger partial charge in [-0.3, -0.25) is 4.90 Å². The molecular formula is C13H27F3N2O. The lowest BCUT2D eigenvalue weighted by Crippen LogP contribution is -2.52. The lowest BCUT2D eigenvalue weighted by Gasteiger charge is -2.36. The van der Waals surface area contributed by atoms with Crippen LogP contribution in [0.15, 0.2) is 0 Å². The molecule has 0 heterocycles. The molecule has 0 spiro atoms. The van der Waals surface area contributed by atoms with Crippen LogP contribution < -0.4 is 5.32 Å². The van der Waals surface area contributed by atoms with Crippen LogP contribution in [0.3, 0.4) is 0 Å². The highest BCUT2D eigenvalue weighted by molar-refractivity contribution is 4.87. The quantitative estimate of drug-likeness (QED) is 0.682. The Balaban J connectivity index is 4.55. The smallest absolute Gasteiger partial charge is 0.394 e. The number of hydrogen-bond donors (Lipinski definition) is 2. The van der Waals surface area contributed by atoms with Gasteiger partial charge in [0.2, 0.25) is 0 Å². The summed E-state index contributed by atoms with van der Waals surface area (Å²) >= 11 is 0. The lowest BCUT2D eigenvalue weighted by molar-refractivity contribution is -0.150. The van der Waals surface area contributed by atoms with Crippen molar-refractivity contribution in [2.24, 2.45) is 0 Å². The van der Waals surface area contributed by atoms with E-state index >= 15 is 0 Å². The van der Waals surface area contributed by atoms with Crippen molar-refractivity contribution in [3.8, 4) is 0 Å². The Kier molecular flexibility index (Phi) is 7.93. The molecule has 0 aliphatic heterocycles. The number of nitrogens with zero attached hydrogens (tertiary/aromatic N) is 1. The lowest BCUT2D eigenvalue weighted by atomic mass is 9.93. The van der Waals surface area contributed by atoms with Crippen LogP contribution in [0.1, 0.15) is 40.5 Å². The van der Waals surface area contributed by atoms with Gasteiger partial charge in [-0.25, -0.2) is 0 Å². The predicted molar refractivity (Wildman–Crippen MR) is 71.2 cm³/mol. The fourth-order valence-electron chi connectivity index (χ4n) is 2.21. The predicted octanol–water partition coefficient (Wildman–Crippen LogP) is 2.40. The van der Waals surface area contributed by atoms with E-state index in [0.29, 0.717) is 13.0 Å². The van der Waals surface area contributed by atoms with Crippen molar-refractivity contribution >= 4 is 0 Å². The molecule has 0 aliphatic rings. The first-order chi connectivity index (χ1) is 8.67. The molecule has 19 heavy (non-hydrogen) atoms. The van der Waals surface area contributed by atoms with Gasteiger partial charge in [0.05, 0.1) is 13.2 Å². The van der Waals surface area contributed by atoms with Gasteiger partial charge >= 0.3 is 6.18 Å². The van der Waals surface area contributed by atoms with E-state index in [2.05, 4.69) is 5.32 Å². The average Bonchev–Trinajstić information content (AvgIpc) is 2.32. The summed E-state index contributed by atoms with van der Waals surface area (Å²) in [7, 11) is 0. The van der Waals surface area contributed by atoms with Crippen molar-refractivity contribution in [2.45, 2.75) is 58.3 Å². The molecule has 0 amide bonds. The monoisotopic (exact) mass is 284 g/mol. The van der Waals surface area contributed by atoms with Crippen molar-refractivity contribution in [1.29, 1.82) is 0 Å². The van der Waals surface area contributed by atoms with E-state index < -0.39 is 18.3 Å². The summed E-state index contributed by atoms with van der Waals surface area (Å²) in [5.74, 6) is 0. The summed E-state index contributed by atoms with van der Waals surface area (Å²) in [6.07, 6.45) is -2.78. The number of alkyl halides is 3. The zero-order valence-corrected chi connectivity index (χ0v) is 12.3. The Morgan fingerprint density at radius 3 is 2.21 bits per heavy atom. The average molecular weight is 284 g/mol. The summed E-state index contributed by atoms with van der Waals surface area (Å²) < 4.78 is 37.4. The summed E-state index contributed by atoms with van der Waals surface area (Å²) in [6, 6.07) is -0.242. The first-order valence-corrected chi connectivity index (χ1v) is 6.84. The Morgan fingerprint density at radius 1 is 1.26 bits per heavy atom. The van der Waals surface area contributed by atoms with Crippen molar-refractivity contribution in [3.63, 3.8) is 0 Å². The zero-order valence-electron chi connectivity index (χ0n) is 12.3. The van der Waals surface area contributed by atoms with Crippen molar-refractivity contribution in [1.82, 2.24) is 10.2 Å². The number of aliphatic hydroxyl groups is 1. The Hall–Kier alpha value is -0.330. The Bertz CT molecular complexity index is 249. The second-order valence-electron chi connectivity index (χ2n) is 5.38. The summed E-state index contributed by atoms with van der Waals surface area (Å²) in [6.45, 7) is 7.46. The molecule has 0 aromatic rings. The Morgan fingerprint density at radius 2 is 1.84 bits per heavy atom. The topological polar surface area (TPSA) is 35.5 Å². The van der Waals surface area contributed by atoms with Crippen LogP contribution in [0.4, 0.5) is 13.2 Å². The van der Waals surface area contributed by atoms with E-state index in [1.54, 1.807) is 13.8 Å². The normalized spacial score (nSPS) is 17.5. The van der Waals surface area contributed by atoms with Crippen LogP contribution in [0.2, 0.25) is 0 Å². The minimum Gasteiger partial charge on any atom is -0.394 e. The molecule has 6 heteroatoms. The van der Waals surface area contributed by atoms with Gasteiger partial charge in [0.25, 0.3) is 0 Å². The number of nitrogens with one attached hydrogen (secondary N) is 1. The van der Waals surface area contributed by atoms with Crippen LogP contribution in [0, 0.1) is 0 Å². The van der Waals surface area contributed by atoms with E-state index in [1.807, 2.05) is 13.8 Å². The molecule has 0 saturated heterocycles. The van der Waals surface area contributed by atoms with Crippen LogP contribution in [0.25, 0.3) is 0 Å². The molecule has 3 nitrogen and oxygen atoms in total. The molecule has 0 radical (unpaired) electrons. The second kappa shape index (κ2) is 8.07. The van der Waals surface area contributed by atoms with E-state index in [9.17, 15) is 18.3 Å². The van der Waals surface area contributed by atoms with E-state index in [0.717, 1.165) is 13.0 Å². The van der Waals surface area contributed by atoms with Crippen LogP contribution in [0.5, 0.6) is 0 Å². The van der Waals surface area contributed by atoms with E-state index in [1.165, 1.54) is 4.90 Å². The van der Waals surface area contributed by atoms with Gasteiger partial charge in [-0.1, -0.05) is 13.8 Å². The number of halogens is 3. The molecule has 116 valence electrons. The highest BCUT2D eigenvalue weighted by atomic mass is 19.4. The first-order valence-electron chi connectivity index (χ1n) is 6.84. The Labute approximate surface area is 114 Å². The fourth-order valence-corrected chi connectivity index (χ4v) is 2.21. The third-order valence-electron chi connectivity index (χ3n) is 3.31. The van der Waals surface area contributed by atoms with Gasteiger partial charge in [0.1, 0.15) is 0 Å². The fraction of sp³-hybridized carbons (Fsp3) is 1.00. The summed E-state index contributed by atoms with van der Waals surface area (Å²) in [4.78, 5) is 1.39. The molecule has 0 rings (SSSR count). The third-order valence-corrected chi connectivity index (χ3v) is 3.31. The van der Waals surface area contributed by atoms with E-state index in [-0.39, 0.29) is 12.6 Å². The minimum absolute atomic E-state index is 0.0824. The maximum absolute atomic E-state index is 12.5. The molecule has 2 N–H and O–H groups in total. The largest absolute Gasteiger partial charge is 0.401 e. The highest BCUT2D eigenvalue weighted by Crippen LogP contribution is 2.21. The molecule has 2 atom stereocenters. The third kappa shape index (κ3) is 7.74. The van der Waals surface area contributed by atoms with Gasteiger partial charge in [-0.15, -0.1) is 0 Å². The second-order valence-corrected chi connectivity index (χ2v) is 5.38. The van der Waals surface area contributed by atoms with Crippen LogP contribution in [-0.2, 0) is 0 Å². The van der Waals surface area contributed by atoms with Gasteiger partial charge in [0.15, 0.2) is 0 Å². The first kappa shape index (κ1) is 18.7. The zero-order chi connectivity index (χ0) is 15.1. The molecule has 0 aromatic heterocycles. The summed E-state index contributed by atoms with van der Waals surface area (Å²) in [5, 5.41) is 12.7. The number of hydrogen-bond acceptors (Lipinski definition) is 3. The molecule has 0 aliphatic carbocycles. The molecular weight excluding hydrogens is 257 g/mol. The van der Waals surface area contributed by atoms with Crippen molar-refractivity contribution < 1.29 is 18.3 Å². The maximum atomic E-state index is 12.5. The number of aliphatic hydroxyl groups excluding tert-OH is 1. The van der Waals surface area contributed by atoms with Crippen LogP contribution in [-0.4, -0.2) is 54.0 Å².